The zero-order valence-corrected chi connectivity index (χ0v) is 25.3. The van der Waals surface area contributed by atoms with Crippen molar-refractivity contribution in [1.82, 2.24) is 0 Å². The molecule has 1 N–H and O–H groups in total. The minimum atomic E-state index is -0.606. The average molecular weight is 545 g/mol. The van der Waals surface area contributed by atoms with Gasteiger partial charge in [-0.2, -0.15) is 0 Å². The molecule has 2 saturated heterocycles. The Bertz CT molecular complexity index is 1130. The first-order chi connectivity index (χ1) is 19.0. The number of aliphatic hydroxyl groups excluding tert-OH is 1. The van der Waals surface area contributed by atoms with Crippen molar-refractivity contribution < 1.29 is 19.4 Å². The maximum Gasteiger partial charge on any atom is 0.125 e. The quantitative estimate of drug-likeness (QED) is 0.244. The molecule has 0 aliphatic carbocycles. The van der Waals surface area contributed by atoms with Crippen LogP contribution in [0.1, 0.15) is 89.0 Å². The van der Waals surface area contributed by atoms with E-state index >= 15 is 0 Å². The number of aldehydes is 1. The average Bonchev–Trinajstić information content (AvgIpc) is 3.49. The van der Waals surface area contributed by atoms with Crippen molar-refractivity contribution in [2.45, 2.75) is 97.4 Å². The first-order valence-corrected chi connectivity index (χ1v) is 14.5. The van der Waals surface area contributed by atoms with Crippen molar-refractivity contribution in [3.05, 3.63) is 70.8 Å². The number of unbranched alkanes of at least 4 members (excludes halogenated alkanes) is 2. The number of ether oxygens (including phenoxy) is 2. The number of carbonyl (C=O) groups excluding carboxylic acids is 1. The van der Waals surface area contributed by atoms with E-state index in [0.29, 0.717) is 13.2 Å². The predicted octanol–water partition coefficient (Wildman–Crippen LogP) is 6.92. The lowest BCUT2D eigenvalue weighted by molar-refractivity contribution is -0.111. The zero-order valence-electron chi connectivity index (χ0n) is 25.3. The molecular weight excluding hydrogens is 496 g/mol. The summed E-state index contributed by atoms with van der Waals surface area (Å²) in [6, 6.07) is 16.3. The van der Waals surface area contributed by atoms with Gasteiger partial charge < -0.3 is 19.4 Å². The molecular formula is C36H48O4. The molecule has 216 valence electrons. The SMILES string of the molecule is C#Cc1ccc(C)cc1.CC1(C)C[C@@H](C=O)CO1.CCCCCc1ccc(C#C[C@H](O)[C@H]2COC(C)(C)C2)cc1. The number of carbonyl (C=O) groups is 1. The molecule has 0 saturated carbocycles. The highest BCUT2D eigenvalue weighted by Crippen LogP contribution is 2.31. The Kier molecular flexibility index (Phi) is 13.7. The van der Waals surface area contributed by atoms with Crippen LogP contribution in [0.25, 0.3) is 0 Å². The van der Waals surface area contributed by atoms with Crippen LogP contribution in [-0.2, 0) is 20.7 Å². The molecule has 0 radical (unpaired) electrons. The summed E-state index contributed by atoms with van der Waals surface area (Å²) in [5.74, 6) is 8.88. The number of aryl methyl sites for hydroxylation is 2. The predicted molar refractivity (Wildman–Crippen MR) is 164 cm³/mol. The van der Waals surface area contributed by atoms with Gasteiger partial charge >= 0.3 is 0 Å². The van der Waals surface area contributed by atoms with E-state index in [9.17, 15) is 9.90 Å². The van der Waals surface area contributed by atoms with E-state index in [1.807, 2.05) is 45.0 Å². The largest absolute Gasteiger partial charge is 0.380 e. The van der Waals surface area contributed by atoms with Crippen LogP contribution < -0.4 is 0 Å². The highest BCUT2D eigenvalue weighted by atomic mass is 16.5. The molecule has 4 heteroatoms. The number of benzene rings is 2. The van der Waals surface area contributed by atoms with Gasteiger partial charge in [0.1, 0.15) is 12.4 Å². The van der Waals surface area contributed by atoms with E-state index in [4.69, 9.17) is 15.9 Å². The van der Waals surface area contributed by atoms with Crippen LogP contribution in [0.2, 0.25) is 0 Å². The maximum absolute atomic E-state index is 10.2. The minimum Gasteiger partial charge on any atom is -0.380 e. The summed E-state index contributed by atoms with van der Waals surface area (Å²) in [7, 11) is 0. The summed E-state index contributed by atoms with van der Waals surface area (Å²) in [5.41, 5.74) is 4.33. The van der Waals surface area contributed by atoms with E-state index in [0.717, 1.165) is 36.7 Å². The van der Waals surface area contributed by atoms with Gasteiger partial charge in [0.15, 0.2) is 0 Å². The van der Waals surface area contributed by atoms with Crippen LogP contribution in [0.4, 0.5) is 0 Å². The molecule has 2 aromatic rings. The molecule has 2 aliphatic heterocycles. The fourth-order valence-corrected chi connectivity index (χ4v) is 4.71. The van der Waals surface area contributed by atoms with Crippen LogP contribution in [-0.4, -0.2) is 41.9 Å². The molecule has 2 aromatic carbocycles. The number of hydrogen-bond donors (Lipinski definition) is 1. The van der Waals surface area contributed by atoms with Crippen molar-refractivity contribution in [2.24, 2.45) is 11.8 Å². The molecule has 40 heavy (non-hydrogen) atoms. The van der Waals surface area contributed by atoms with Crippen LogP contribution >= 0.6 is 0 Å². The second kappa shape index (κ2) is 16.4. The van der Waals surface area contributed by atoms with Crippen molar-refractivity contribution in [2.75, 3.05) is 13.2 Å². The topological polar surface area (TPSA) is 55.8 Å². The molecule has 2 aliphatic rings. The van der Waals surface area contributed by atoms with Crippen molar-refractivity contribution in [3.63, 3.8) is 0 Å². The van der Waals surface area contributed by atoms with E-state index in [1.54, 1.807) is 0 Å². The zero-order chi connectivity index (χ0) is 29.6. The molecule has 0 amide bonds. The smallest absolute Gasteiger partial charge is 0.125 e. The Hall–Kier alpha value is -2.89. The molecule has 0 unspecified atom stereocenters. The highest BCUT2D eigenvalue weighted by molar-refractivity contribution is 5.54. The molecule has 4 rings (SSSR count). The minimum absolute atomic E-state index is 0.0639. The van der Waals surface area contributed by atoms with Crippen molar-refractivity contribution in [3.8, 4) is 24.2 Å². The summed E-state index contributed by atoms with van der Waals surface area (Å²) in [6.07, 6.45) is 12.2. The first kappa shape index (κ1) is 33.3. The molecule has 2 heterocycles. The third-order valence-corrected chi connectivity index (χ3v) is 7.13. The second-order valence-corrected chi connectivity index (χ2v) is 12.1. The van der Waals surface area contributed by atoms with Gasteiger partial charge in [0, 0.05) is 23.0 Å². The molecule has 4 nitrogen and oxygen atoms in total. The first-order valence-electron chi connectivity index (χ1n) is 14.5. The van der Waals surface area contributed by atoms with Gasteiger partial charge in [-0.05, 0) is 90.1 Å². The normalized spacial score (nSPS) is 20.9. The van der Waals surface area contributed by atoms with Crippen LogP contribution in [0.5, 0.6) is 0 Å². The fraction of sp³-hybridized carbons (Fsp3) is 0.528. The summed E-state index contributed by atoms with van der Waals surface area (Å²) in [4.78, 5) is 10.2. The third-order valence-electron chi connectivity index (χ3n) is 7.13. The van der Waals surface area contributed by atoms with Gasteiger partial charge in [-0.1, -0.05) is 67.4 Å². The molecule has 2 fully saturated rings. The third kappa shape index (κ3) is 12.5. The Morgan fingerprint density at radius 2 is 1.55 bits per heavy atom. The van der Waals surface area contributed by atoms with Gasteiger partial charge in [0.2, 0.25) is 0 Å². The van der Waals surface area contributed by atoms with E-state index in [-0.39, 0.29) is 23.0 Å². The number of hydrogen-bond acceptors (Lipinski definition) is 4. The highest BCUT2D eigenvalue weighted by Gasteiger charge is 2.35. The van der Waals surface area contributed by atoms with Crippen molar-refractivity contribution >= 4 is 6.29 Å². The van der Waals surface area contributed by atoms with E-state index < -0.39 is 6.10 Å². The summed E-state index contributed by atoms with van der Waals surface area (Å²) >= 11 is 0. The molecule has 0 spiro atoms. The van der Waals surface area contributed by atoms with Crippen molar-refractivity contribution in [1.29, 1.82) is 0 Å². The van der Waals surface area contributed by atoms with Crippen LogP contribution in [0.3, 0.4) is 0 Å². The Labute approximate surface area is 242 Å². The maximum atomic E-state index is 10.2. The van der Waals surface area contributed by atoms with Gasteiger partial charge in [-0.15, -0.1) is 6.42 Å². The van der Waals surface area contributed by atoms with E-state index in [2.05, 4.69) is 62.8 Å². The summed E-state index contributed by atoms with van der Waals surface area (Å²) in [5, 5.41) is 10.2. The molecule has 0 bridgehead atoms. The summed E-state index contributed by atoms with van der Waals surface area (Å²) < 4.78 is 11.0. The monoisotopic (exact) mass is 544 g/mol. The van der Waals surface area contributed by atoms with Gasteiger partial charge in [0.25, 0.3) is 0 Å². The van der Waals surface area contributed by atoms with Gasteiger partial charge in [-0.3, -0.25) is 0 Å². The lowest BCUT2D eigenvalue weighted by atomic mass is 9.93. The van der Waals surface area contributed by atoms with Crippen LogP contribution in [0, 0.1) is 42.9 Å². The Morgan fingerprint density at radius 1 is 0.950 bits per heavy atom. The molecule has 3 atom stereocenters. The van der Waals surface area contributed by atoms with Crippen LogP contribution in [0.15, 0.2) is 48.5 Å². The Morgan fingerprint density at radius 3 is 2.02 bits per heavy atom. The van der Waals surface area contributed by atoms with Gasteiger partial charge in [-0.25, -0.2) is 0 Å². The number of rotatable bonds is 6. The number of terminal acetylenes is 1. The van der Waals surface area contributed by atoms with Gasteiger partial charge in [0.05, 0.1) is 24.4 Å². The Balaban J connectivity index is 0.000000254. The lowest BCUT2D eigenvalue weighted by Crippen LogP contribution is -2.21. The molecule has 0 aromatic heterocycles. The lowest BCUT2D eigenvalue weighted by Gasteiger charge is -2.16. The second-order valence-electron chi connectivity index (χ2n) is 12.1. The fourth-order valence-electron chi connectivity index (χ4n) is 4.71. The summed E-state index contributed by atoms with van der Waals surface area (Å²) in [6.45, 7) is 13.6. The van der Waals surface area contributed by atoms with E-state index in [1.165, 1.54) is 30.4 Å². The standard InChI is InChI=1S/C20H28O2.C9H8.C7H12O2/c1-4-5-6-7-16-8-10-17(11-9-16)12-13-19(21)18-14-20(2,3)22-15-18;1-3-9-6-4-8(2)5-7-9;1-7(2)3-6(4-8)5-9-7/h8-11,18-19,21H,4-7,14-15H2,1-3H3;1,4-7H,2H3;4,6H,3,5H2,1-2H3/t18-,19+;;6-/m1.0/s1. The number of aliphatic hydroxyl groups is 1.